The Morgan fingerprint density at radius 3 is 2.47 bits per heavy atom. The first-order chi connectivity index (χ1) is 14.4. The minimum atomic E-state index is -1.47. The van der Waals surface area contributed by atoms with Gasteiger partial charge in [0.2, 0.25) is 11.6 Å². The Hall–Kier alpha value is -2.57. The van der Waals surface area contributed by atoms with E-state index in [0.29, 0.717) is 26.9 Å². The van der Waals surface area contributed by atoms with Crippen LogP contribution in [-0.2, 0) is 20.9 Å². The number of para-hydroxylation sites is 1. The molecule has 1 saturated heterocycles. The molecule has 1 aliphatic carbocycles. The lowest BCUT2D eigenvalue weighted by Crippen LogP contribution is -2.69. The van der Waals surface area contributed by atoms with Crippen molar-refractivity contribution in [3.63, 3.8) is 0 Å². The zero-order valence-electron chi connectivity index (χ0n) is 15.9. The average molecular weight is 445 g/mol. The van der Waals surface area contributed by atoms with Gasteiger partial charge in [-0.05, 0) is 37.1 Å². The van der Waals surface area contributed by atoms with E-state index in [4.69, 9.17) is 27.9 Å². The molecule has 8 heteroatoms. The van der Waals surface area contributed by atoms with Crippen molar-refractivity contribution in [2.24, 2.45) is 0 Å². The summed E-state index contributed by atoms with van der Waals surface area (Å²) < 4.78 is 5.66. The number of rotatable bonds is 4. The second-order valence-electron chi connectivity index (χ2n) is 7.75. The highest BCUT2D eigenvalue weighted by atomic mass is 35.5. The molecule has 2 aliphatic heterocycles. The Labute approximate surface area is 183 Å². The molecule has 2 aromatic carbocycles. The third-order valence-corrected chi connectivity index (χ3v) is 6.66. The van der Waals surface area contributed by atoms with Crippen LogP contribution in [0.3, 0.4) is 0 Å². The van der Waals surface area contributed by atoms with Crippen molar-refractivity contribution in [3.05, 3.63) is 63.6 Å². The highest BCUT2D eigenvalue weighted by Crippen LogP contribution is 2.49. The SMILES string of the molecule is O=C1CCC2(C(=O)OCc3c(Cl)cccc3Cl)N1c1ccccc1C(=O)N2C1CC1. The molecule has 2 aromatic rings. The maximum atomic E-state index is 13.5. The van der Waals surface area contributed by atoms with Gasteiger partial charge in [-0.2, -0.15) is 0 Å². The summed E-state index contributed by atoms with van der Waals surface area (Å²) >= 11 is 12.4. The summed E-state index contributed by atoms with van der Waals surface area (Å²) in [6.45, 7) is -0.143. The number of carbonyl (C=O) groups excluding carboxylic acids is 3. The monoisotopic (exact) mass is 444 g/mol. The topological polar surface area (TPSA) is 66.9 Å². The lowest BCUT2D eigenvalue weighted by Gasteiger charge is -2.48. The van der Waals surface area contributed by atoms with Crippen molar-refractivity contribution in [2.75, 3.05) is 4.90 Å². The van der Waals surface area contributed by atoms with Gasteiger partial charge in [-0.1, -0.05) is 41.4 Å². The molecule has 1 unspecified atom stereocenters. The van der Waals surface area contributed by atoms with Crippen molar-refractivity contribution in [2.45, 2.75) is 44.0 Å². The van der Waals surface area contributed by atoms with E-state index in [9.17, 15) is 14.4 Å². The fraction of sp³-hybridized carbons (Fsp3) is 0.318. The van der Waals surface area contributed by atoms with Crippen LogP contribution in [0.1, 0.15) is 41.6 Å². The molecule has 1 atom stereocenters. The molecule has 154 valence electrons. The Morgan fingerprint density at radius 2 is 1.77 bits per heavy atom. The summed E-state index contributed by atoms with van der Waals surface area (Å²) in [6.07, 6.45) is 1.94. The predicted octanol–water partition coefficient (Wildman–Crippen LogP) is 4.18. The molecule has 6 nitrogen and oxygen atoms in total. The number of ether oxygens (including phenoxy) is 1. The van der Waals surface area contributed by atoms with Crippen molar-refractivity contribution < 1.29 is 19.1 Å². The van der Waals surface area contributed by atoms with E-state index in [1.165, 1.54) is 4.90 Å². The number of nitrogens with zero attached hydrogens (tertiary/aromatic N) is 2. The van der Waals surface area contributed by atoms with Crippen LogP contribution in [0.4, 0.5) is 5.69 Å². The number of hydrogen-bond acceptors (Lipinski definition) is 4. The third-order valence-electron chi connectivity index (χ3n) is 5.95. The maximum Gasteiger partial charge on any atom is 0.354 e. The molecule has 1 saturated carbocycles. The third kappa shape index (κ3) is 2.74. The molecule has 5 rings (SSSR count). The Balaban J connectivity index is 1.56. The van der Waals surface area contributed by atoms with Crippen LogP contribution in [-0.4, -0.2) is 34.4 Å². The zero-order chi connectivity index (χ0) is 21.0. The van der Waals surface area contributed by atoms with Gasteiger partial charge < -0.3 is 9.64 Å². The van der Waals surface area contributed by atoms with Gasteiger partial charge in [0.25, 0.3) is 5.91 Å². The van der Waals surface area contributed by atoms with Gasteiger partial charge in [-0.25, -0.2) is 4.79 Å². The van der Waals surface area contributed by atoms with Crippen LogP contribution in [0.15, 0.2) is 42.5 Å². The fourth-order valence-electron chi connectivity index (χ4n) is 4.44. The molecular formula is C22H18Cl2N2O4. The molecule has 2 fully saturated rings. The number of halogens is 2. The smallest absolute Gasteiger partial charge is 0.354 e. The number of anilines is 1. The standard InChI is InChI=1S/C22H18Cl2N2O4/c23-16-5-3-6-17(24)15(16)12-30-21(29)22-11-10-19(27)26(22)18-7-2-1-4-14(18)20(28)25(22)13-8-9-13/h1-7,13H,8-12H2. The highest BCUT2D eigenvalue weighted by Gasteiger charge is 2.64. The summed E-state index contributed by atoms with van der Waals surface area (Å²) in [5, 5.41) is 0.771. The summed E-state index contributed by atoms with van der Waals surface area (Å²) in [4.78, 5) is 42.8. The van der Waals surface area contributed by atoms with Crippen molar-refractivity contribution >= 4 is 46.7 Å². The van der Waals surface area contributed by atoms with Crippen LogP contribution in [0.5, 0.6) is 0 Å². The van der Waals surface area contributed by atoms with Gasteiger partial charge in [0.1, 0.15) is 6.61 Å². The van der Waals surface area contributed by atoms with Crippen LogP contribution >= 0.6 is 23.2 Å². The van der Waals surface area contributed by atoms with Gasteiger partial charge in [0, 0.05) is 34.5 Å². The molecule has 30 heavy (non-hydrogen) atoms. The lowest BCUT2D eigenvalue weighted by atomic mass is 9.96. The van der Waals surface area contributed by atoms with E-state index < -0.39 is 11.6 Å². The molecule has 2 heterocycles. The summed E-state index contributed by atoms with van der Waals surface area (Å²) in [5.41, 5.74) is -0.106. The van der Waals surface area contributed by atoms with Crippen LogP contribution in [0.25, 0.3) is 0 Å². The first-order valence-electron chi connectivity index (χ1n) is 9.81. The van der Waals surface area contributed by atoms with Crippen molar-refractivity contribution in [1.82, 2.24) is 4.90 Å². The van der Waals surface area contributed by atoms with E-state index in [-0.39, 0.29) is 37.3 Å². The lowest BCUT2D eigenvalue weighted by molar-refractivity contribution is -0.159. The largest absolute Gasteiger partial charge is 0.458 e. The second-order valence-corrected chi connectivity index (χ2v) is 8.56. The van der Waals surface area contributed by atoms with Gasteiger partial charge in [0.05, 0.1) is 11.3 Å². The zero-order valence-corrected chi connectivity index (χ0v) is 17.4. The van der Waals surface area contributed by atoms with Crippen LogP contribution < -0.4 is 4.90 Å². The summed E-state index contributed by atoms with van der Waals surface area (Å²) in [7, 11) is 0. The highest BCUT2D eigenvalue weighted by molar-refractivity contribution is 6.36. The number of benzene rings is 2. The normalized spacial score (nSPS) is 22.7. The molecule has 2 amide bonds. The van der Waals surface area contributed by atoms with Gasteiger partial charge in [0.15, 0.2) is 0 Å². The number of hydrogen-bond donors (Lipinski definition) is 0. The fourth-order valence-corrected chi connectivity index (χ4v) is 4.94. The molecule has 0 radical (unpaired) electrons. The quantitative estimate of drug-likeness (QED) is 0.663. The van der Waals surface area contributed by atoms with Crippen LogP contribution in [0.2, 0.25) is 10.0 Å². The maximum absolute atomic E-state index is 13.5. The van der Waals surface area contributed by atoms with Gasteiger partial charge in [-0.15, -0.1) is 0 Å². The number of esters is 1. The van der Waals surface area contributed by atoms with Crippen LogP contribution in [0, 0.1) is 0 Å². The molecule has 0 spiro atoms. The van der Waals surface area contributed by atoms with E-state index >= 15 is 0 Å². The minimum absolute atomic E-state index is 0.0873. The van der Waals surface area contributed by atoms with E-state index in [2.05, 4.69) is 0 Å². The number of fused-ring (bicyclic) bond motifs is 3. The van der Waals surface area contributed by atoms with Crippen molar-refractivity contribution in [1.29, 1.82) is 0 Å². The average Bonchev–Trinajstić information content (AvgIpc) is 3.50. The minimum Gasteiger partial charge on any atom is -0.458 e. The van der Waals surface area contributed by atoms with E-state index in [1.807, 2.05) is 0 Å². The number of carbonyl (C=O) groups is 3. The van der Waals surface area contributed by atoms with E-state index in [0.717, 1.165) is 12.8 Å². The van der Waals surface area contributed by atoms with Gasteiger partial charge in [-0.3, -0.25) is 14.5 Å². The molecule has 3 aliphatic rings. The first kappa shape index (κ1) is 19.4. The Kier molecular flexibility index (Phi) is 4.52. The van der Waals surface area contributed by atoms with Gasteiger partial charge >= 0.3 is 5.97 Å². The predicted molar refractivity (Wildman–Crippen MR) is 111 cm³/mol. The number of amides is 2. The molecule has 0 bridgehead atoms. The molecular weight excluding hydrogens is 427 g/mol. The summed E-state index contributed by atoms with van der Waals surface area (Å²) in [5.74, 6) is -1.08. The molecule has 0 aromatic heterocycles. The molecule has 0 N–H and O–H groups in total. The van der Waals surface area contributed by atoms with E-state index in [1.54, 1.807) is 47.4 Å². The van der Waals surface area contributed by atoms with Crippen molar-refractivity contribution in [3.8, 4) is 0 Å². The Bertz CT molecular complexity index is 1060. The second kappa shape index (κ2) is 7.00. The summed E-state index contributed by atoms with van der Waals surface area (Å²) in [6, 6.07) is 11.9. The Morgan fingerprint density at radius 1 is 1.07 bits per heavy atom. The first-order valence-corrected chi connectivity index (χ1v) is 10.6.